The number of oxime groups is 1. The molecule has 0 aliphatic carbocycles. The van der Waals surface area contributed by atoms with Crippen LogP contribution in [-0.2, 0) is 4.79 Å². The third-order valence-electron chi connectivity index (χ3n) is 3.57. The summed E-state index contributed by atoms with van der Waals surface area (Å²) in [7, 11) is 3.46. The maximum absolute atomic E-state index is 11.9. The molecule has 0 aliphatic heterocycles. The summed E-state index contributed by atoms with van der Waals surface area (Å²) in [5.74, 6) is 0.350. The molecule has 2 aromatic heterocycles. The minimum absolute atomic E-state index is 0.0289. The van der Waals surface area contributed by atoms with E-state index in [0.717, 1.165) is 26.7 Å². The lowest BCUT2D eigenvalue weighted by molar-refractivity contribution is -0.125. The molecule has 1 N–H and O–H groups in total. The molecule has 0 fully saturated rings. The lowest BCUT2D eigenvalue weighted by atomic mass is 10.1. The van der Waals surface area contributed by atoms with E-state index in [2.05, 4.69) is 15.1 Å². The number of aromatic nitrogens is 2. The van der Waals surface area contributed by atoms with Crippen molar-refractivity contribution in [3.8, 4) is 0 Å². The highest BCUT2D eigenvalue weighted by Gasteiger charge is 2.12. The van der Waals surface area contributed by atoms with Gasteiger partial charge in [0, 0.05) is 36.0 Å². The fraction of sp³-hybridized carbons (Fsp3) is 0.176. The quantitative estimate of drug-likeness (QED) is 0.260. The molecule has 24 heavy (non-hydrogen) atoms. The van der Waals surface area contributed by atoms with Crippen LogP contribution in [0.3, 0.4) is 0 Å². The van der Waals surface area contributed by atoms with Gasteiger partial charge in [0.2, 0.25) is 5.91 Å². The standard InChI is InChI=1S/C17H16N4O2S/c1-21(2)15(22)10-24-14-8-12(9-19-23)20-17-13(14)6-5-11-4-3-7-18-16(11)17/h3-9,23H,10H2,1-2H3. The molecule has 1 aromatic carbocycles. The van der Waals surface area contributed by atoms with Gasteiger partial charge in [0.15, 0.2) is 0 Å². The lowest BCUT2D eigenvalue weighted by Gasteiger charge is -2.12. The second-order valence-electron chi connectivity index (χ2n) is 5.40. The van der Waals surface area contributed by atoms with Gasteiger partial charge in [-0.1, -0.05) is 23.4 Å². The summed E-state index contributed by atoms with van der Waals surface area (Å²) in [5, 5.41) is 13.8. The summed E-state index contributed by atoms with van der Waals surface area (Å²) in [6, 6.07) is 9.63. The monoisotopic (exact) mass is 340 g/mol. The molecule has 0 saturated heterocycles. The molecule has 0 bridgehead atoms. The topological polar surface area (TPSA) is 78.7 Å². The Morgan fingerprint density at radius 2 is 2.17 bits per heavy atom. The summed E-state index contributed by atoms with van der Waals surface area (Å²) in [6.45, 7) is 0. The Bertz CT molecular complexity index is 940. The number of hydrogen-bond donors (Lipinski definition) is 1. The number of amides is 1. The minimum atomic E-state index is 0.0289. The average Bonchev–Trinajstić information content (AvgIpc) is 2.59. The molecule has 3 rings (SSSR count). The molecular formula is C17H16N4O2S. The van der Waals surface area contributed by atoms with Crippen molar-refractivity contribution in [2.24, 2.45) is 5.16 Å². The zero-order valence-corrected chi connectivity index (χ0v) is 14.1. The van der Waals surface area contributed by atoms with Crippen LogP contribution in [0.4, 0.5) is 0 Å². The van der Waals surface area contributed by atoms with Crippen LogP contribution in [0.2, 0.25) is 0 Å². The van der Waals surface area contributed by atoms with Gasteiger partial charge < -0.3 is 10.1 Å². The Morgan fingerprint density at radius 1 is 1.33 bits per heavy atom. The Morgan fingerprint density at radius 3 is 2.92 bits per heavy atom. The van der Waals surface area contributed by atoms with Crippen LogP contribution < -0.4 is 0 Å². The molecule has 0 unspecified atom stereocenters. The fourth-order valence-electron chi connectivity index (χ4n) is 2.33. The molecule has 2 heterocycles. The van der Waals surface area contributed by atoms with Gasteiger partial charge in [-0.15, -0.1) is 11.8 Å². The van der Waals surface area contributed by atoms with E-state index in [0.29, 0.717) is 11.4 Å². The van der Waals surface area contributed by atoms with E-state index in [1.807, 2.05) is 30.3 Å². The minimum Gasteiger partial charge on any atom is -0.411 e. The molecule has 0 saturated carbocycles. The van der Waals surface area contributed by atoms with Crippen molar-refractivity contribution in [3.05, 3.63) is 42.2 Å². The Hall–Kier alpha value is -2.67. The molecule has 0 spiro atoms. The van der Waals surface area contributed by atoms with Crippen molar-refractivity contribution < 1.29 is 10.0 Å². The van der Waals surface area contributed by atoms with E-state index in [1.54, 1.807) is 25.2 Å². The van der Waals surface area contributed by atoms with Gasteiger partial charge >= 0.3 is 0 Å². The number of fused-ring (bicyclic) bond motifs is 3. The van der Waals surface area contributed by atoms with Crippen LogP contribution in [0.25, 0.3) is 21.8 Å². The zero-order chi connectivity index (χ0) is 17.1. The molecule has 7 heteroatoms. The number of benzene rings is 1. The summed E-state index contributed by atoms with van der Waals surface area (Å²) in [6.07, 6.45) is 3.00. The molecule has 6 nitrogen and oxygen atoms in total. The van der Waals surface area contributed by atoms with E-state index in [1.165, 1.54) is 18.0 Å². The first-order chi connectivity index (χ1) is 11.6. The number of carbonyl (C=O) groups is 1. The lowest BCUT2D eigenvalue weighted by Crippen LogP contribution is -2.23. The molecule has 0 aliphatic rings. The van der Waals surface area contributed by atoms with Crippen LogP contribution in [0.5, 0.6) is 0 Å². The third kappa shape index (κ3) is 3.16. The maximum atomic E-state index is 11.9. The Labute approximate surface area is 143 Å². The second-order valence-corrected chi connectivity index (χ2v) is 6.42. The number of thioether (sulfide) groups is 1. The predicted molar refractivity (Wildman–Crippen MR) is 95.8 cm³/mol. The highest BCUT2D eigenvalue weighted by atomic mass is 32.2. The number of pyridine rings is 2. The first-order valence-corrected chi connectivity index (χ1v) is 8.27. The van der Waals surface area contributed by atoms with Crippen LogP contribution >= 0.6 is 11.8 Å². The highest BCUT2D eigenvalue weighted by Crippen LogP contribution is 2.31. The molecule has 3 aromatic rings. The van der Waals surface area contributed by atoms with E-state index >= 15 is 0 Å². The summed E-state index contributed by atoms with van der Waals surface area (Å²) < 4.78 is 0. The predicted octanol–water partition coefficient (Wildman–Crippen LogP) is 2.77. The van der Waals surface area contributed by atoms with Crippen molar-refractivity contribution >= 4 is 45.7 Å². The molecule has 0 atom stereocenters. The Balaban J connectivity index is 2.16. The highest BCUT2D eigenvalue weighted by molar-refractivity contribution is 8.00. The molecule has 122 valence electrons. The van der Waals surface area contributed by atoms with Crippen molar-refractivity contribution in [1.82, 2.24) is 14.9 Å². The maximum Gasteiger partial charge on any atom is 0.232 e. The van der Waals surface area contributed by atoms with Gasteiger partial charge in [-0.25, -0.2) is 4.98 Å². The smallest absolute Gasteiger partial charge is 0.232 e. The van der Waals surface area contributed by atoms with E-state index < -0.39 is 0 Å². The van der Waals surface area contributed by atoms with Crippen LogP contribution in [0, 0.1) is 0 Å². The van der Waals surface area contributed by atoms with Gasteiger partial charge in [0.1, 0.15) is 0 Å². The van der Waals surface area contributed by atoms with Gasteiger partial charge in [0.25, 0.3) is 0 Å². The van der Waals surface area contributed by atoms with E-state index in [9.17, 15) is 4.79 Å². The van der Waals surface area contributed by atoms with Crippen molar-refractivity contribution in [2.75, 3.05) is 19.8 Å². The first kappa shape index (κ1) is 16.2. The number of rotatable bonds is 4. The molecule has 1 amide bonds. The summed E-state index contributed by atoms with van der Waals surface area (Å²) >= 11 is 1.43. The van der Waals surface area contributed by atoms with Gasteiger partial charge in [-0.3, -0.25) is 9.78 Å². The van der Waals surface area contributed by atoms with Gasteiger partial charge in [0.05, 0.1) is 28.7 Å². The first-order valence-electron chi connectivity index (χ1n) is 7.29. The molecular weight excluding hydrogens is 324 g/mol. The van der Waals surface area contributed by atoms with Crippen molar-refractivity contribution in [3.63, 3.8) is 0 Å². The summed E-state index contributed by atoms with van der Waals surface area (Å²) in [4.78, 5) is 23.3. The van der Waals surface area contributed by atoms with Gasteiger partial charge in [-0.2, -0.15) is 0 Å². The third-order valence-corrected chi connectivity index (χ3v) is 4.61. The van der Waals surface area contributed by atoms with Crippen molar-refractivity contribution in [2.45, 2.75) is 4.90 Å². The van der Waals surface area contributed by atoms with Crippen LogP contribution in [-0.4, -0.2) is 52.0 Å². The SMILES string of the molecule is CN(C)C(=O)CSc1cc(C=NO)nc2c1ccc1cccnc12. The van der Waals surface area contributed by atoms with E-state index in [-0.39, 0.29) is 5.91 Å². The van der Waals surface area contributed by atoms with Crippen molar-refractivity contribution in [1.29, 1.82) is 0 Å². The average molecular weight is 340 g/mol. The Kier molecular flexibility index (Phi) is 4.61. The van der Waals surface area contributed by atoms with Crippen LogP contribution in [0.1, 0.15) is 5.69 Å². The summed E-state index contributed by atoms with van der Waals surface area (Å²) in [5.41, 5.74) is 2.03. The number of carbonyl (C=O) groups excluding carboxylic acids is 1. The van der Waals surface area contributed by atoms with Gasteiger partial charge in [-0.05, 0) is 12.1 Å². The zero-order valence-electron chi connectivity index (χ0n) is 13.3. The number of hydrogen-bond acceptors (Lipinski definition) is 6. The largest absolute Gasteiger partial charge is 0.411 e. The van der Waals surface area contributed by atoms with E-state index in [4.69, 9.17) is 5.21 Å². The van der Waals surface area contributed by atoms with Crippen LogP contribution in [0.15, 0.2) is 46.6 Å². The second kappa shape index (κ2) is 6.84. The number of nitrogens with zero attached hydrogens (tertiary/aromatic N) is 4. The normalized spacial score (nSPS) is 11.4. The molecule has 0 radical (unpaired) electrons. The fourth-order valence-corrected chi connectivity index (χ4v) is 3.39.